The SMILES string of the molecule is CC1=[C-]C(C)(C)C(C)=C1C.CCCP(CCC)c1cc2ccccc2[cH-]1.[Cl-].[Cl-].[Hf+4]. The monoisotopic (exact) mass is 616 g/mol. The van der Waals surface area contributed by atoms with E-state index in [9.17, 15) is 0 Å². The van der Waals surface area contributed by atoms with Crippen LogP contribution in [0.25, 0.3) is 10.8 Å². The van der Waals surface area contributed by atoms with E-state index in [4.69, 9.17) is 0 Å². The first-order chi connectivity index (χ1) is 12.3. The van der Waals surface area contributed by atoms with Crippen LogP contribution in [0.5, 0.6) is 0 Å². The van der Waals surface area contributed by atoms with Crippen LogP contribution in [0.15, 0.2) is 53.1 Å². The minimum Gasteiger partial charge on any atom is -1.00 e. The number of hydrogen-bond acceptors (Lipinski definition) is 0. The van der Waals surface area contributed by atoms with Gasteiger partial charge in [-0.3, -0.25) is 6.08 Å². The Morgan fingerprint density at radius 2 is 1.52 bits per heavy atom. The number of allylic oxidation sites excluding steroid dienone is 4. The molecule has 0 unspecified atom stereocenters. The summed E-state index contributed by atoms with van der Waals surface area (Å²) >= 11 is 0. The fourth-order valence-corrected chi connectivity index (χ4v) is 6.10. The van der Waals surface area contributed by atoms with Crippen LogP contribution < -0.4 is 30.1 Å². The summed E-state index contributed by atoms with van der Waals surface area (Å²) in [5.41, 5.74) is 4.39. The van der Waals surface area contributed by atoms with E-state index in [1.807, 2.05) is 0 Å². The van der Waals surface area contributed by atoms with Crippen molar-refractivity contribution in [1.82, 2.24) is 0 Å². The third-order valence-electron chi connectivity index (χ3n) is 5.52. The molecule has 0 fully saturated rings. The Morgan fingerprint density at radius 3 is 1.90 bits per heavy atom. The number of benzene rings is 1. The second-order valence-electron chi connectivity index (χ2n) is 7.95. The van der Waals surface area contributed by atoms with Gasteiger partial charge in [-0.2, -0.15) is 17.2 Å². The van der Waals surface area contributed by atoms with Gasteiger partial charge in [0.25, 0.3) is 0 Å². The van der Waals surface area contributed by atoms with Crippen molar-refractivity contribution in [3.63, 3.8) is 0 Å². The molecule has 2 aromatic rings. The van der Waals surface area contributed by atoms with E-state index in [1.54, 1.807) is 5.30 Å². The van der Waals surface area contributed by atoms with Gasteiger partial charge in [0.1, 0.15) is 0 Å². The molecule has 0 heterocycles. The molecule has 0 atom stereocenters. The van der Waals surface area contributed by atoms with Gasteiger partial charge in [-0.1, -0.05) is 73.8 Å². The quantitative estimate of drug-likeness (QED) is 0.273. The van der Waals surface area contributed by atoms with Crippen molar-refractivity contribution in [2.75, 3.05) is 12.3 Å². The third kappa shape index (κ3) is 8.33. The summed E-state index contributed by atoms with van der Waals surface area (Å²) in [7, 11) is 0.0972. The summed E-state index contributed by atoms with van der Waals surface area (Å²) in [5.74, 6) is 0. The molecular weight excluding hydrogens is 581 g/mol. The van der Waals surface area contributed by atoms with Crippen LogP contribution in [0.3, 0.4) is 0 Å². The van der Waals surface area contributed by atoms with E-state index < -0.39 is 0 Å². The number of halogens is 2. The van der Waals surface area contributed by atoms with Crippen molar-refractivity contribution in [3.8, 4) is 0 Å². The molecule has 29 heavy (non-hydrogen) atoms. The average molecular weight is 616 g/mol. The first-order valence-corrected chi connectivity index (χ1v) is 11.7. The van der Waals surface area contributed by atoms with E-state index in [0.29, 0.717) is 0 Å². The van der Waals surface area contributed by atoms with Gasteiger partial charge in [-0.15, -0.1) is 47.3 Å². The number of rotatable bonds is 5. The van der Waals surface area contributed by atoms with E-state index in [0.717, 1.165) is 0 Å². The minimum atomic E-state index is 0. The molecule has 0 aromatic heterocycles. The van der Waals surface area contributed by atoms with Crippen molar-refractivity contribution in [1.29, 1.82) is 0 Å². The molecule has 0 spiro atoms. The van der Waals surface area contributed by atoms with Crippen molar-refractivity contribution >= 4 is 24.0 Å². The van der Waals surface area contributed by atoms with Gasteiger partial charge in [-0.25, -0.2) is 5.57 Å². The topological polar surface area (TPSA) is 0 Å². The van der Waals surface area contributed by atoms with Crippen LogP contribution in [0.4, 0.5) is 0 Å². The van der Waals surface area contributed by atoms with E-state index >= 15 is 0 Å². The molecule has 0 bridgehead atoms. The van der Waals surface area contributed by atoms with E-state index in [1.165, 1.54) is 52.7 Å². The first-order valence-electron chi connectivity index (χ1n) is 10.0. The maximum Gasteiger partial charge on any atom is 4.00 e. The molecule has 0 radical (unpaired) electrons. The molecule has 2 aromatic carbocycles. The second kappa shape index (κ2) is 14.3. The van der Waals surface area contributed by atoms with Gasteiger partial charge >= 0.3 is 25.8 Å². The predicted octanol–water partition coefficient (Wildman–Crippen LogP) is 1.60. The van der Waals surface area contributed by atoms with Crippen LogP contribution >= 0.6 is 7.92 Å². The van der Waals surface area contributed by atoms with Crippen LogP contribution in [0.2, 0.25) is 0 Å². The molecule has 0 nitrogen and oxygen atoms in total. The van der Waals surface area contributed by atoms with Gasteiger partial charge in [0.05, 0.1) is 0 Å². The van der Waals surface area contributed by atoms with Crippen molar-refractivity contribution in [2.45, 2.75) is 61.3 Å². The maximum absolute atomic E-state index is 3.44. The molecule has 1 aliphatic rings. The smallest absolute Gasteiger partial charge is 1.00 e. The number of fused-ring (bicyclic) bond motifs is 1. The molecule has 158 valence electrons. The summed E-state index contributed by atoms with van der Waals surface area (Å²) < 4.78 is 0. The molecule has 0 saturated carbocycles. The average Bonchev–Trinajstić information content (AvgIpc) is 3.10. The fraction of sp³-hybridized carbons (Fsp3) is 0.480. The number of hydrogen-bond donors (Lipinski definition) is 0. The predicted molar refractivity (Wildman–Crippen MR) is 121 cm³/mol. The largest absolute Gasteiger partial charge is 4.00 e. The Labute approximate surface area is 211 Å². The summed E-state index contributed by atoms with van der Waals surface area (Å²) in [6.45, 7) is 15.5. The van der Waals surface area contributed by atoms with Crippen LogP contribution in [-0.2, 0) is 25.8 Å². The Balaban J connectivity index is 0. The Kier molecular flexibility index (Phi) is 15.5. The zero-order valence-electron chi connectivity index (χ0n) is 19.0. The van der Waals surface area contributed by atoms with E-state index in [2.05, 4.69) is 90.9 Å². The fourth-order valence-electron chi connectivity index (χ4n) is 3.63. The third-order valence-corrected chi connectivity index (χ3v) is 8.48. The molecule has 0 saturated heterocycles. The first kappa shape index (κ1) is 31.4. The standard InChI is InChI=1S/C15H20P.C10H15.2ClH.Hf/c1-3-9-16(10-4-2)15-11-13-7-5-6-8-14(13)12-15;1-7-6-10(4,5)9(3)8(7)2;;;/h5-8,11-12H,3-4,9-10H2,1-2H3;1-5H3;2*1H;/q2*-1;;;+4/p-2. The molecule has 3 rings (SSSR count). The molecule has 4 heteroatoms. The summed E-state index contributed by atoms with van der Waals surface area (Å²) in [6.07, 6.45) is 8.84. The minimum absolute atomic E-state index is 0. The zero-order valence-corrected chi connectivity index (χ0v) is 25.0. The van der Waals surface area contributed by atoms with Gasteiger partial charge < -0.3 is 24.8 Å². The van der Waals surface area contributed by atoms with Gasteiger partial charge in [0.15, 0.2) is 0 Å². The van der Waals surface area contributed by atoms with Crippen molar-refractivity contribution < 1.29 is 50.7 Å². The Hall–Kier alpha value is 0.190. The summed E-state index contributed by atoms with van der Waals surface area (Å²) in [4.78, 5) is 0. The maximum atomic E-state index is 3.44. The van der Waals surface area contributed by atoms with Crippen LogP contribution in [-0.4, -0.2) is 12.3 Å². The Morgan fingerprint density at radius 1 is 0.966 bits per heavy atom. The Bertz CT molecular complexity index is 763. The van der Waals surface area contributed by atoms with Gasteiger partial charge in [-0.05, 0) is 12.3 Å². The second-order valence-corrected chi connectivity index (χ2v) is 10.4. The molecular formula is C25H35Cl2HfP. The summed E-state index contributed by atoms with van der Waals surface area (Å²) in [6, 6.07) is 13.5. The van der Waals surface area contributed by atoms with Crippen LogP contribution in [0.1, 0.15) is 61.3 Å². The van der Waals surface area contributed by atoms with Crippen molar-refractivity contribution in [3.05, 3.63) is 59.2 Å². The molecule has 0 aliphatic heterocycles. The van der Waals surface area contributed by atoms with Crippen molar-refractivity contribution in [2.24, 2.45) is 5.41 Å². The zero-order chi connectivity index (χ0) is 19.3. The van der Waals surface area contributed by atoms with E-state index in [-0.39, 0.29) is 64.0 Å². The molecule has 1 aliphatic carbocycles. The molecule has 0 N–H and O–H groups in total. The normalized spacial score (nSPS) is 14.4. The summed E-state index contributed by atoms with van der Waals surface area (Å²) in [5, 5.41) is 4.44. The van der Waals surface area contributed by atoms with Gasteiger partial charge in [0, 0.05) is 0 Å². The molecule has 0 amide bonds. The van der Waals surface area contributed by atoms with Crippen LogP contribution in [0, 0.1) is 11.5 Å². The van der Waals surface area contributed by atoms with Gasteiger partial charge in [0.2, 0.25) is 0 Å².